The van der Waals surface area contributed by atoms with E-state index in [2.05, 4.69) is 9.62 Å². The van der Waals surface area contributed by atoms with Crippen molar-refractivity contribution in [3.05, 3.63) is 18.2 Å². The van der Waals surface area contributed by atoms with Crippen LogP contribution in [0.15, 0.2) is 23.1 Å². The predicted octanol–water partition coefficient (Wildman–Crippen LogP) is 0.151. The number of benzene rings is 1. The maximum Gasteiger partial charge on any atom is 0.244 e. The molecule has 1 amide bonds. The Bertz CT molecular complexity index is 1020. The minimum absolute atomic E-state index is 0.0221. The van der Waals surface area contributed by atoms with Crippen LogP contribution in [0, 0.1) is 0 Å². The molecule has 12 heteroatoms. The van der Waals surface area contributed by atoms with Gasteiger partial charge in [0.25, 0.3) is 0 Å². The van der Waals surface area contributed by atoms with Gasteiger partial charge in [-0.05, 0) is 32.0 Å². The van der Waals surface area contributed by atoms with Crippen LogP contribution in [-0.4, -0.2) is 78.9 Å². The van der Waals surface area contributed by atoms with E-state index in [1.54, 1.807) is 0 Å². The summed E-state index contributed by atoms with van der Waals surface area (Å²) < 4.78 is 64.3. The first-order valence-electron chi connectivity index (χ1n) is 9.54. The fraction of sp³-hybridized carbons (Fsp3) is 0.611. The first kappa shape index (κ1) is 22.9. The molecule has 2 heterocycles. The molecule has 0 radical (unpaired) electrons. The lowest BCUT2D eigenvalue weighted by atomic mass is 10.0. The number of ether oxygens (including phenoxy) is 2. The first-order chi connectivity index (χ1) is 14.0. The fourth-order valence-electron chi connectivity index (χ4n) is 3.50. The molecule has 10 nitrogen and oxygen atoms in total. The van der Waals surface area contributed by atoms with E-state index in [0.717, 1.165) is 6.07 Å². The molecule has 2 fully saturated rings. The van der Waals surface area contributed by atoms with Gasteiger partial charge in [0, 0.05) is 31.6 Å². The number of methoxy groups -OCH3 is 1. The number of hydrogen-bond donors (Lipinski definition) is 1. The molecule has 2 aliphatic heterocycles. The molecule has 0 unspecified atom stereocenters. The smallest absolute Gasteiger partial charge is 0.244 e. The first-order valence-corrected chi connectivity index (χ1v) is 12.6. The number of morpholine rings is 1. The summed E-state index contributed by atoms with van der Waals surface area (Å²) in [6.07, 6.45) is -0.136. The van der Waals surface area contributed by atoms with Crippen molar-refractivity contribution in [2.75, 3.05) is 50.0 Å². The van der Waals surface area contributed by atoms with Crippen LogP contribution in [0.3, 0.4) is 0 Å². The van der Waals surface area contributed by atoms with Crippen LogP contribution in [-0.2, 0) is 29.6 Å². The molecule has 0 saturated carbocycles. The number of sulfonamides is 2. The van der Waals surface area contributed by atoms with Crippen molar-refractivity contribution in [1.29, 1.82) is 0 Å². The van der Waals surface area contributed by atoms with Crippen LogP contribution in [0.1, 0.15) is 20.3 Å². The molecule has 0 atom stereocenters. The third-order valence-corrected chi connectivity index (χ3v) is 8.43. The number of carbonyl (C=O) groups is 1. The van der Waals surface area contributed by atoms with Gasteiger partial charge in [-0.1, -0.05) is 0 Å². The molecule has 1 N–H and O–H groups in total. The van der Waals surface area contributed by atoms with Crippen LogP contribution in [0.5, 0.6) is 5.75 Å². The van der Waals surface area contributed by atoms with E-state index in [1.165, 1.54) is 19.2 Å². The summed E-state index contributed by atoms with van der Waals surface area (Å²) in [5.41, 5.74) is -0.484. The second-order valence-electron chi connectivity index (χ2n) is 7.80. The van der Waals surface area contributed by atoms with Gasteiger partial charge in [-0.25, -0.2) is 25.9 Å². The number of carbonyl (C=O) groups excluding carboxylic acids is 1. The third kappa shape index (κ3) is 4.62. The van der Waals surface area contributed by atoms with Gasteiger partial charge in [-0.2, -0.15) is 0 Å². The van der Waals surface area contributed by atoms with E-state index >= 15 is 0 Å². The highest BCUT2D eigenvalue weighted by atomic mass is 32.2. The third-order valence-electron chi connectivity index (χ3n) is 5.31. The van der Waals surface area contributed by atoms with Crippen molar-refractivity contribution in [3.8, 4) is 5.75 Å². The van der Waals surface area contributed by atoms with Gasteiger partial charge in [-0.3, -0.25) is 9.69 Å². The molecule has 0 spiro atoms. The Morgan fingerprint density at radius 2 is 1.90 bits per heavy atom. The van der Waals surface area contributed by atoms with E-state index in [9.17, 15) is 21.6 Å². The second-order valence-corrected chi connectivity index (χ2v) is 11.5. The van der Waals surface area contributed by atoms with Crippen molar-refractivity contribution in [3.63, 3.8) is 0 Å². The van der Waals surface area contributed by atoms with Crippen molar-refractivity contribution in [2.24, 2.45) is 0 Å². The Balaban J connectivity index is 1.88. The van der Waals surface area contributed by atoms with E-state index in [1.807, 2.05) is 13.8 Å². The zero-order valence-electron chi connectivity index (χ0n) is 17.3. The highest BCUT2D eigenvalue weighted by Gasteiger charge is 2.37. The molecular formula is C18H27N3O7S2. The molecule has 0 aromatic heterocycles. The van der Waals surface area contributed by atoms with Crippen LogP contribution >= 0.6 is 0 Å². The quantitative estimate of drug-likeness (QED) is 0.609. The normalized spacial score (nSPS) is 20.5. The van der Waals surface area contributed by atoms with E-state index in [0.29, 0.717) is 30.6 Å². The van der Waals surface area contributed by atoms with Gasteiger partial charge in [0.2, 0.25) is 26.0 Å². The highest BCUT2D eigenvalue weighted by Crippen LogP contribution is 2.32. The Kier molecular flexibility index (Phi) is 6.44. The number of hydrogen-bond acceptors (Lipinski definition) is 8. The highest BCUT2D eigenvalue weighted by molar-refractivity contribution is 7.94. The Morgan fingerprint density at radius 1 is 1.23 bits per heavy atom. The minimum Gasteiger partial charge on any atom is -0.495 e. The molecule has 168 valence electrons. The van der Waals surface area contributed by atoms with Gasteiger partial charge < -0.3 is 9.47 Å². The maximum atomic E-state index is 13.1. The van der Waals surface area contributed by atoms with E-state index in [-0.39, 0.29) is 35.1 Å². The Morgan fingerprint density at radius 3 is 2.47 bits per heavy atom. The summed E-state index contributed by atoms with van der Waals surface area (Å²) in [4.78, 5) is 14.0. The van der Waals surface area contributed by atoms with Gasteiger partial charge >= 0.3 is 0 Å². The molecule has 1 aromatic rings. The Labute approximate surface area is 177 Å². The SMILES string of the molecule is COc1ccc(N2C(=O)CCS2(=O)=O)cc1S(=O)(=O)NCC(C)(C)N1CCOCC1. The summed E-state index contributed by atoms with van der Waals surface area (Å²) in [5.74, 6) is -0.837. The van der Waals surface area contributed by atoms with Crippen molar-refractivity contribution in [2.45, 2.75) is 30.7 Å². The molecule has 0 aliphatic carbocycles. The lowest BCUT2D eigenvalue weighted by Gasteiger charge is -2.40. The number of nitrogens with zero attached hydrogens (tertiary/aromatic N) is 2. The number of nitrogens with one attached hydrogen (secondary N) is 1. The van der Waals surface area contributed by atoms with E-state index < -0.39 is 31.5 Å². The van der Waals surface area contributed by atoms with Gasteiger partial charge in [-0.15, -0.1) is 0 Å². The maximum absolute atomic E-state index is 13.1. The summed E-state index contributed by atoms with van der Waals surface area (Å²) >= 11 is 0. The standard InChI is InChI=1S/C18H27N3O7S2/c1-18(2,20-7-9-28-10-8-20)13-19-30(25,26)16-12-14(4-5-15(16)27-3)21-17(22)6-11-29(21,23)24/h4-5,12,19H,6-11,13H2,1-3H3. The van der Waals surface area contributed by atoms with Crippen molar-refractivity contribution < 1.29 is 31.1 Å². The predicted molar refractivity (Wildman–Crippen MR) is 111 cm³/mol. The van der Waals surface area contributed by atoms with Crippen LogP contribution in [0.4, 0.5) is 5.69 Å². The number of rotatable bonds is 7. The molecule has 2 saturated heterocycles. The molecule has 30 heavy (non-hydrogen) atoms. The van der Waals surface area contributed by atoms with Gasteiger partial charge in [0.15, 0.2) is 0 Å². The number of amides is 1. The average Bonchev–Trinajstić information content (AvgIpc) is 2.99. The summed E-state index contributed by atoms with van der Waals surface area (Å²) in [5, 5.41) is 0. The van der Waals surface area contributed by atoms with Crippen LogP contribution in [0.25, 0.3) is 0 Å². The van der Waals surface area contributed by atoms with Crippen molar-refractivity contribution >= 4 is 31.6 Å². The summed E-state index contributed by atoms with van der Waals surface area (Å²) in [7, 11) is -6.54. The molecule has 2 aliphatic rings. The van der Waals surface area contributed by atoms with E-state index in [4.69, 9.17) is 9.47 Å². The largest absolute Gasteiger partial charge is 0.495 e. The lowest BCUT2D eigenvalue weighted by molar-refractivity contribution is -0.116. The Hall–Kier alpha value is -1.73. The molecular weight excluding hydrogens is 434 g/mol. The monoisotopic (exact) mass is 461 g/mol. The van der Waals surface area contributed by atoms with Gasteiger partial charge in [0.05, 0.1) is 31.8 Å². The zero-order valence-corrected chi connectivity index (χ0v) is 18.9. The average molecular weight is 462 g/mol. The zero-order chi connectivity index (χ0) is 22.2. The summed E-state index contributed by atoms with van der Waals surface area (Å²) in [6, 6.07) is 3.86. The number of anilines is 1. The minimum atomic E-state index is -4.05. The van der Waals surface area contributed by atoms with Crippen molar-refractivity contribution in [1.82, 2.24) is 9.62 Å². The molecule has 3 rings (SSSR count). The van der Waals surface area contributed by atoms with Gasteiger partial charge in [0.1, 0.15) is 10.6 Å². The fourth-order valence-corrected chi connectivity index (χ4v) is 6.34. The topological polar surface area (TPSA) is 122 Å². The summed E-state index contributed by atoms with van der Waals surface area (Å²) in [6.45, 7) is 6.57. The molecule has 1 aromatic carbocycles. The van der Waals surface area contributed by atoms with Crippen LogP contribution in [0.2, 0.25) is 0 Å². The second kappa shape index (κ2) is 8.42. The van der Waals surface area contributed by atoms with Crippen LogP contribution < -0.4 is 13.8 Å². The molecule has 0 bridgehead atoms. The lowest BCUT2D eigenvalue weighted by Crippen LogP contribution is -2.55.